The third-order valence-electron chi connectivity index (χ3n) is 3.45. The summed E-state index contributed by atoms with van der Waals surface area (Å²) in [6.07, 6.45) is 3.29. The second kappa shape index (κ2) is 5.89. The molecule has 1 aromatic rings. The van der Waals surface area contributed by atoms with Gasteiger partial charge in [0, 0.05) is 12.1 Å². The molecule has 5 heteroatoms. The first-order valence-corrected chi connectivity index (χ1v) is 7.11. The number of nitrogens with two attached hydrogens (primary N) is 1. The molecule has 0 saturated heterocycles. The molecule has 1 saturated carbocycles. The Hall–Kier alpha value is -1.46. The lowest BCUT2D eigenvalue weighted by atomic mass is 10.1. The summed E-state index contributed by atoms with van der Waals surface area (Å²) in [7, 11) is 0. The van der Waals surface area contributed by atoms with Crippen LogP contribution < -0.4 is 19.9 Å². The molecule has 0 aromatic heterocycles. The van der Waals surface area contributed by atoms with Gasteiger partial charge in [0.05, 0.1) is 6.61 Å². The molecule has 1 unspecified atom stereocenters. The molecule has 1 atom stereocenters. The summed E-state index contributed by atoms with van der Waals surface area (Å²) in [5, 5.41) is 0. The van der Waals surface area contributed by atoms with Crippen molar-refractivity contribution in [2.45, 2.75) is 32.2 Å². The maximum atomic E-state index is 5.88. The second-order valence-electron chi connectivity index (χ2n) is 5.57. The molecule has 3 rings (SSSR count). The highest BCUT2D eigenvalue weighted by Gasteiger charge is 2.22. The lowest BCUT2D eigenvalue weighted by Crippen LogP contribution is -2.18. The minimum Gasteiger partial charge on any atom is -0.467 e. The largest absolute Gasteiger partial charge is 0.467 e. The molecule has 1 aliphatic carbocycles. The lowest BCUT2D eigenvalue weighted by molar-refractivity contribution is 0.00936. The van der Waals surface area contributed by atoms with Crippen molar-refractivity contribution in [3.05, 3.63) is 17.7 Å². The van der Waals surface area contributed by atoms with Crippen molar-refractivity contribution < 1.29 is 18.9 Å². The maximum Gasteiger partial charge on any atom is 0.231 e. The third kappa shape index (κ3) is 3.35. The van der Waals surface area contributed by atoms with Crippen LogP contribution in [0.25, 0.3) is 0 Å². The van der Waals surface area contributed by atoms with Crippen molar-refractivity contribution in [1.82, 2.24) is 0 Å². The van der Waals surface area contributed by atoms with Gasteiger partial charge in [-0.25, -0.2) is 0 Å². The number of rotatable bonds is 7. The zero-order valence-electron chi connectivity index (χ0n) is 11.8. The van der Waals surface area contributed by atoms with E-state index < -0.39 is 0 Å². The topological polar surface area (TPSA) is 62.9 Å². The Morgan fingerprint density at radius 2 is 2.05 bits per heavy atom. The third-order valence-corrected chi connectivity index (χ3v) is 3.45. The van der Waals surface area contributed by atoms with Gasteiger partial charge in [-0.3, -0.25) is 0 Å². The van der Waals surface area contributed by atoms with Crippen LogP contribution in [0.15, 0.2) is 12.1 Å². The van der Waals surface area contributed by atoms with Gasteiger partial charge < -0.3 is 24.7 Å². The molecule has 5 nitrogen and oxygen atoms in total. The van der Waals surface area contributed by atoms with Crippen LogP contribution in [0.3, 0.4) is 0 Å². The normalized spacial score (nSPS) is 18.1. The smallest absolute Gasteiger partial charge is 0.231 e. The summed E-state index contributed by atoms with van der Waals surface area (Å²) in [5.74, 6) is 2.98. The lowest BCUT2D eigenvalue weighted by Gasteiger charge is -2.14. The van der Waals surface area contributed by atoms with E-state index in [1.807, 2.05) is 19.1 Å². The van der Waals surface area contributed by atoms with Crippen molar-refractivity contribution in [2.75, 3.05) is 20.2 Å². The minimum absolute atomic E-state index is 0.0603. The summed E-state index contributed by atoms with van der Waals surface area (Å²) in [4.78, 5) is 0. The van der Waals surface area contributed by atoms with Gasteiger partial charge >= 0.3 is 0 Å². The Kier molecular flexibility index (Phi) is 3.98. The summed E-state index contributed by atoms with van der Waals surface area (Å²) >= 11 is 0. The van der Waals surface area contributed by atoms with Crippen LogP contribution in [-0.4, -0.2) is 26.2 Å². The molecule has 110 valence electrons. The fourth-order valence-corrected chi connectivity index (χ4v) is 2.21. The first-order chi connectivity index (χ1) is 9.72. The number of hydrogen-bond donors (Lipinski definition) is 1. The van der Waals surface area contributed by atoms with Crippen molar-refractivity contribution >= 4 is 0 Å². The molecular weight excluding hydrogens is 258 g/mol. The Labute approximate surface area is 118 Å². The van der Waals surface area contributed by atoms with Gasteiger partial charge in [-0.2, -0.15) is 0 Å². The molecular formula is C15H21NO4. The van der Waals surface area contributed by atoms with Gasteiger partial charge in [0.1, 0.15) is 5.75 Å². The van der Waals surface area contributed by atoms with Gasteiger partial charge in [-0.15, -0.1) is 0 Å². The standard InChI is InChI=1S/C15H21NO4/c1-10(16)4-12-5-14-15(20-9-19-14)6-13(12)18-8-17-7-11-2-3-11/h5-6,10-11H,2-4,7-9,16H2,1H3. The van der Waals surface area contributed by atoms with E-state index in [1.165, 1.54) is 12.8 Å². The highest BCUT2D eigenvalue weighted by molar-refractivity contribution is 5.52. The van der Waals surface area contributed by atoms with Crippen LogP contribution in [-0.2, 0) is 11.2 Å². The molecule has 0 radical (unpaired) electrons. The van der Waals surface area contributed by atoms with Crippen molar-refractivity contribution in [1.29, 1.82) is 0 Å². The van der Waals surface area contributed by atoms with Crippen LogP contribution in [0.2, 0.25) is 0 Å². The van der Waals surface area contributed by atoms with E-state index >= 15 is 0 Å². The van der Waals surface area contributed by atoms with E-state index in [0.717, 1.165) is 41.8 Å². The zero-order chi connectivity index (χ0) is 13.9. The Morgan fingerprint density at radius 3 is 2.75 bits per heavy atom. The summed E-state index contributed by atoms with van der Waals surface area (Å²) in [5.41, 5.74) is 6.91. The van der Waals surface area contributed by atoms with E-state index in [1.54, 1.807) is 0 Å². The predicted octanol–water partition coefficient (Wildman–Crippen LogP) is 2.07. The van der Waals surface area contributed by atoms with Crippen LogP contribution in [0.5, 0.6) is 17.2 Å². The molecule has 0 spiro atoms. The van der Waals surface area contributed by atoms with Crippen LogP contribution in [0.1, 0.15) is 25.3 Å². The fraction of sp³-hybridized carbons (Fsp3) is 0.600. The molecule has 1 aliphatic heterocycles. The Balaban J connectivity index is 1.65. The van der Waals surface area contributed by atoms with Crippen molar-refractivity contribution in [3.63, 3.8) is 0 Å². The monoisotopic (exact) mass is 279 g/mol. The number of ether oxygens (including phenoxy) is 4. The van der Waals surface area contributed by atoms with E-state index in [-0.39, 0.29) is 19.6 Å². The van der Waals surface area contributed by atoms with Crippen molar-refractivity contribution in [3.8, 4) is 17.2 Å². The van der Waals surface area contributed by atoms with Crippen LogP contribution in [0.4, 0.5) is 0 Å². The Bertz CT molecular complexity index is 471. The summed E-state index contributed by atoms with van der Waals surface area (Å²) < 4.78 is 22.0. The van der Waals surface area contributed by atoms with E-state index in [0.29, 0.717) is 0 Å². The van der Waals surface area contributed by atoms with Gasteiger partial charge in [-0.05, 0) is 43.7 Å². The predicted molar refractivity (Wildman–Crippen MR) is 74.1 cm³/mol. The highest BCUT2D eigenvalue weighted by atomic mass is 16.7. The summed E-state index contributed by atoms with van der Waals surface area (Å²) in [6, 6.07) is 3.87. The first kappa shape index (κ1) is 13.5. The average molecular weight is 279 g/mol. The quantitative estimate of drug-likeness (QED) is 0.611. The molecule has 1 aromatic carbocycles. The maximum absolute atomic E-state index is 5.88. The number of fused-ring (bicyclic) bond motifs is 1. The molecule has 0 amide bonds. The average Bonchev–Trinajstić information content (AvgIpc) is 3.12. The van der Waals surface area contributed by atoms with E-state index in [4.69, 9.17) is 24.7 Å². The molecule has 1 fully saturated rings. The van der Waals surface area contributed by atoms with Crippen molar-refractivity contribution in [2.24, 2.45) is 11.7 Å². The molecule has 1 heterocycles. The van der Waals surface area contributed by atoms with E-state index in [9.17, 15) is 0 Å². The Morgan fingerprint density at radius 1 is 1.30 bits per heavy atom. The first-order valence-electron chi connectivity index (χ1n) is 7.11. The highest BCUT2D eigenvalue weighted by Crippen LogP contribution is 2.38. The molecule has 0 bridgehead atoms. The van der Waals surface area contributed by atoms with Gasteiger partial charge in [-0.1, -0.05) is 0 Å². The molecule has 2 aliphatic rings. The second-order valence-corrected chi connectivity index (χ2v) is 5.57. The molecule has 20 heavy (non-hydrogen) atoms. The number of benzene rings is 1. The van der Waals surface area contributed by atoms with Gasteiger partial charge in [0.2, 0.25) is 6.79 Å². The zero-order valence-corrected chi connectivity index (χ0v) is 11.8. The number of hydrogen-bond acceptors (Lipinski definition) is 5. The van der Waals surface area contributed by atoms with E-state index in [2.05, 4.69) is 0 Å². The van der Waals surface area contributed by atoms with Gasteiger partial charge in [0.15, 0.2) is 18.3 Å². The molecule has 2 N–H and O–H groups in total. The van der Waals surface area contributed by atoms with Crippen LogP contribution >= 0.6 is 0 Å². The fourth-order valence-electron chi connectivity index (χ4n) is 2.21. The SMILES string of the molecule is CC(N)Cc1cc2c(cc1OCOCC1CC1)OCO2. The van der Waals surface area contributed by atoms with Gasteiger partial charge in [0.25, 0.3) is 0 Å². The summed E-state index contributed by atoms with van der Waals surface area (Å²) in [6.45, 7) is 3.28. The van der Waals surface area contributed by atoms with Crippen LogP contribution in [0, 0.1) is 5.92 Å². The minimum atomic E-state index is 0.0603.